The number of aromatic nitrogens is 1. The molecule has 0 aliphatic heterocycles. The molecular formula is C58H81Br2MoN2O-. The number of allylic oxidation sites excluding steroid dienone is 4. The van der Waals surface area contributed by atoms with Gasteiger partial charge in [-0.3, -0.25) is 0 Å². The Labute approximate surface area is 416 Å². The second-order valence-corrected chi connectivity index (χ2v) is 19.4. The summed E-state index contributed by atoms with van der Waals surface area (Å²) in [7, 11) is 0. The molecule has 1 N–H and O–H groups in total. The first-order valence-electron chi connectivity index (χ1n) is 22.2. The van der Waals surface area contributed by atoms with Crippen molar-refractivity contribution in [2.24, 2.45) is 3.50 Å². The van der Waals surface area contributed by atoms with Crippen LogP contribution in [0.3, 0.4) is 0 Å². The van der Waals surface area contributed by atoms with Gasteiger partial charge < -0.3 is 10.1 Å². The zero-order valence-electron chi connectivity index (χ0n) is 39.4. The fourth-order valence-corrected chi connectivity index (χ4v) is 9.94. The zero-order chi connectivity index (χ0) is 46.1. The molecule has 0 atom stereocenters. The van der Waals surface area contributed by atoms with Crippen molar-refractivity contribution < 1.29 is 23.0 Å². The van der Waals surface area contributed by atoms with Crippen LogP contribution in [0.2, 0.25) is 0 Å². The van der Waals surface area contributed by atoms with Crippen LogP contribution in [-0.2, 0) is 49.0 Å². The molecule has 1 heterocycles. The molecule has 5 aromatic rings. The van der Waals surface area contributed by atoms with Gasteiger partial charge in [-0.25, -0.2) is 0 Å². The minimum atomic E-state index is -0.473. The third-order valence-electron chi connectivity index (χ3n) is 10.5. The molecule has 0 spiro atoms. The second-order valence-electron chi connectivity index (χ2n) is 16.1. The van der Waals surface area contributed by atoms with E-state index in [2.05, 4.69) is 175 Å². The molecule has 1 aromatic heterocycles. The summed E-state index contributed by atoms with van der Waals surface area (Å²) in [5, 5.41) is 11.0. The van der Waals surface area contributed by atoms with Crippen LogP contribution in [0.5, 0.6) is 5.75 Å². The van der Waals surface area contributed by atoms with Gasteiger partial charge in [-0.15, -0.1) is 13.2 Å². The maximum atomic E-state index is 11.0. The molecule has 6 heteroatoms. The summed E-state index contributed by atoms with van der Waals surface area (Å²) < 4.78 is 9.20. The van der Waals surface area contributed by atoms with E-state index in [1.54, 1.807) is 6.08 Å². The number of benzene rings is 4. The van der Waals surface area contributed by atoms with Gasteiger partial charge in [0, 0.05) is 10.0 Å². The van der Waals surface area contributed by atoms with Gasteiger partial charge in [0.2, 0.25) is 0 Å². The van der Waals surface area contributed by atoms with E-state index in [0.717, 1.165) is 65.6 Å². The van der Waals surface area contributed by atoms with Gasteiger partial charge in [0.15, 0.2) is 0 Å². The first kappa shape index (κ1) is 60.5. The Balaban J connectivity index is 0.000000877. The SMILES string of the molecule is C.C.C/C=C\CC.C=CC.C=CCC.Cc1c(Br)cc2c(c1-c1c(O)c(Br)cc3c1CCCC3)CCCC2.Cc1ccc(C)[n-]1.Cc1ccccc1[N]=[Mo]=[CH]C(C)(C)c1ccccc1. The van der Waals surface area contributed by atoms with Crippen molar-refractivity contribution in [3.63, 3.8) is 0 Å². The Hall–Kier alpha value is -3.50. The number of aryl methyl sites for hydroxylation is 5. The summed E-state index contributed by atoms with van der Waals surface area (Å²) in [5.74, 6) is 0.421. The van der Waals surface area contributed by atoms with Crippen molar-refractivity contribution in [2.75, 3.05) is 0 Å². The third kappa shape index (κ3) is 19.9. The summed E-state index contributed by atoms with van der Waals surface area (Å²) in [6, 6.07) is 27.4. The van der Waals surface area contributed by atoms with Crippen LogP contribution in [0, 0.1) is 27.7 Å². The van der Waals surface area contributed by atoms with Crippen molar-refractivity contribution in [2.45, 2.75) is 154 Å². The van der Waals surface area contributed by atoms with Crippen LogP contribution in [0.4, 0.5) is 5.69 Å². The van der Waals surface area contributed by atoms with Crippen molar-refractivity contribution in [3.8, 4) is 16.9 Å². The number of rotatable bonds is 6. The molecule has 3 nitrogen and oxygen atoms in total. The van der Waals surface area contributed by atoms with Gasteiger partial charge in [-0.05, 0) is 146 Å². The molecule has 0 amide bonds. The summed E-state index contributed by atoms with van der Waals surface area (Å²) in [6.45, 7) is 27.8. The van der Waals surface area contributed by atoms with E-state index < -0.39 is 17.9 Å². The summed E-state index contributed by atoms with van der Waals surface area (Å²) in [6.07, 6.45) is 19.5. The second kappa shape index (κ2) is 33.0. The minimum absolute atomic E-state index is 0. The van der Waals surface area contributed by atoms with Gasteiger partial charge >= 0.3 is 123 Å². The average Bonchev–Trinajstić information content (AvgIpc) is 3.66. The first-order chi connectivity index (χ1) is 29.7. The average molecular weight is 1080 g/mol. The van der Waals surface area contributed by atoms with Gasteiger partial charge in [-0.1, -0.05) is 94.9 Å². The molecule has 0 unspecified atom stereocenters. The van der Waals surface area contributed by atoms with Crippen LogP contribution in [0.1, 0.15) is 145 Å². The van der Waals surface area contributed by atoms with Crippen molar-refractivity contribution in [3.05, 3.63) is 176 Å². The molecule has 2 aliphatic carbocycles. The zero-order valence-corrected chi connectivity index (χ0v) is 44.6. The van der Waals surface area contributed by atoms with E-state index in [0.29, 0.717) is 5.75 Å². The Morgan fingerprint density at radius 2 is 1.20 bits per heavy atom. The first-order valence-corrected chi connectivity index (χ1v) is 25.9. The number of phenols is 1. The predicted octanol–water partition coefficient (Wildman–Crippen LogP) is 18.6. The molecule has 0 saturated heterocycles. The van der Waals surface area contributed by atoms with Crippen molar-refractivity contribution in [1.29, 1.82) is 0 Å². The summed E-state index contributed by atoms with van der Waals surface area (Å²) in [5.41, 5.74) is 15.4. The van der Waals surface area contributed by atoms with E-state index >= 15 is 0 Å². The fourth-order valence-electron chi connectivity index (χ4n) is 7.09. The molecule has 0 fully saturated rings. The standard InChI is InChI=1S/C21H22Br2O.C10H12.C7H7N.C6H8N.C5H10.C4H8.C3H6.2CH4.Mo/c1-12-17(22)10-13-6-2-4-8-15(13)19(12)20-16-9-5-3-7-14(16)11-18(23)21(20)24;1-10(2,3)9-7-5-4-6-8-9;1-6-4-2-3-5-7(6)8;1-5-3-4-6(2)7-5;1-3-5-4-2;1-3-4-2;1-3-2;;;/h10-11,24H,2-9H2,1H3;1,4-8H,2-3H3;2-5H,1H3;3-4H,1-2H3;3,5H,4H2,1-2H3;3H,1,4H2,2H3;3H,1H2,2H3;2*1H4;/q;;;-1;;;;;;/b;;;;5-3-;;;;;. The quantitative estimate of drug-likeness (QED) is 0.136. The topological polar surface area (TPSA) is 46.7 Å². The number of halogens is 2. The summed E-state index contributed by atoms with van der Waals surface area (Å²) >= 11 is 6.89. The fraction of sp³-hybridized carbons (Fsp3) is 0.397. The van der Waals surface area contributed by atoms with Crippen LogP contribution in [0.25, 0.3) is 11.1 Å². The normalized spacial score (nSPS) is 11.9. The molecular weight excluding hydrogens is 996 g/mol. The monoisotopic (exact) mass is 1080 g/mol. The number of phenolic OH excluding ortho intramolecular Hbond substituents is 1. The molecule has 2 aliphatic rings. The number of hydrogen-bond donors (Lipinski definition) is 1. The number of nitrogens with zero attached hydrogens (tertiary/aromatic N) is 2. The van der Waals surface area contributed by atoms with E-state index in [9.17, 15) is 5.11 Å². The molecule has 0 bridgehead atoms. The van der Waals surface area contributed by atoms with Crippen LogP contribution in [0.15, 0.2) is 129 Å². The summed E-state index contributed by atoms with van der Waals surface area (Å²) in [4.78, 5) is 4.11. The van der Waals surface area contributed by atoms with E-state index in [4.69, 9.17) is 3.50 Å². The third-order valence-corrected chi connectivity index (χ3v) is 14.4. The molecule has 7 rings (SSSR count). The Bertz CT molecular complexity index is 2140. The van der Waals surface area contributed by atoms with E-state index in [1.165, 1.54) is 74.7 Å². The molecule has 350 valence electrons. The number of fused-ring (bicyclic) bond motifs is 2. The number of hydrogen-bond acceptors (Lipinski definition) is 2. The maximum absolute atomic E-state index is 11.0. The van der Waals surface area contributed by atoms with Crippen LogP contribution >= 0.6 is 31.9 Å². The molecule has 64 heavy (non-hydrogen) atoms. The molecule has 0 saturated carbocycles. The predicted molar refractivity (Wildman–Crippen MR) is 290 cm³/mol. The van der Waals surface area contributed by atoms with Crippen LogP contribution < -0.4 is 4.98 Å². The van der Waals surface area contributed by atoms with Crippen molar-refractivity contribution in [1.82, 2.24) is 4.98 Å². The molecule has 4 aromatic carbocycles. The van der Waals surface area contributed by atoms with Gasteiger partial charge in [-0.2, -0.15) is 11.4 Å². The van der Waals surface area contributed by atoms with Gasteiger partial charge in [0.1, 0.15) is 5.75 Å². The Morgan fingerprint density at radius 1 is 0.719 bits per heavy atom. The van der Waals surface area contributed by atoms with Gasteiger partial charge in [0.05, 0.1) is 4.47 Å². The van der Waals surface area contributed by atoms with Crippen molar-refractivity contribution >= 4 is 41.9 Å². The van der Waals surface area contributed by atoms with E-state index in [1.807, 2.05) is 45.9 Å². The Kier molecular flexibility index (Phi) is 31.2. The Morgan fingerprint density at radius 3 is 1.66 bits per heavy atom. The van der Waals surface area contributed by atoms with Crippen LogP contribution in [-0.4, -0.2) is 9.51 Å². The van der Waals surface area contributed by atoms with E-state index in [-0.39, 0.29) is 20.3 Å². The molecule has 0 radical (unpaired) electrons. The van der Waals surface area contributed by atoms with Gasteiger partial charge in [0.25, 0.3) is 0 Å². The number of aromatic hydroxyl groups is 1.